The van der Waals surface area contributed by atoms with E-state index in [-0.39, 0.29) is 36.4 Å². The lowest BCUT2D eigenvalue weighted by molar-refractivity contribution is 0.0924. The lowest BCUT2D eigenvalue weighted by atomic mass is 10.0. The summed E-state index contributed by atoms with van der Waals surface area (Å²) in [7, 11) is 0. The average molecular weight is 378 g/mol. The summed E-state index contributed by atoms with van der Waals surface area (Å²) in [6, 6.07) is 12.3. The molecule has 3 N–H and O–H groups in total. The molecule has 0 unspecified atom stereocenters. The summed E-state index contributed by atoms with van der Waals surface area (Å²) < 4.78 is 0. The summed E-state index contributed by atoms with van der Waals surface area (Å²) in [5, 5.41) is 15.9. The first-order valence-electron chi connectivity index (χ1n) is 9.07. The summed E-state index contributed by atoms with van der Waals surface area (Å²) in [6.45, 7) is 4.51. The largest absolute Gasteiger partial charge is 0.505 e. The van der Waals surface area contributed by atoms with Crippen LogP contribution in [-0.2, 0) is 0 Å². The highest BCUT2D eigenvalue weighted by Gasteiger charge is 2.15. The molecule has 0 fully saturated rings. The van der Waals surface area contributed by atoms with Crippen molar-refractivity contribution < 1.29 is 14.7 Å². The van der Waals surface area contributed by atoms with Gasteiger partial charge >= 0.3 is 0 Å². The Morgan fingerprint density at radius 2 is 1.75 bits per heavy atom. The molecule has 2 heterocycles. The maximum Gasteiger partial charge on any atom is 0.273 e. The van der Waals surface area contributed by atoms with Crippen molar-refractivity contribution in [2.75, 3.05) is 13.1 Å². The Balaban J connectivity index is 1.65. The molecule has 7 nitrogen and oxygen atoms in total. The first-order chi connectivity index (χ1) is 13.5. The summed E-state index contributed by atoms with van der Waals surface area (Å²) in [6.07, 6.45) is 1.43. The third kappa shape index (κ3) is 4.25. The van der Waals surface area contributed by atoms with Crippen LogP contribution in [0.2, 0.25) is 0 Å². The predicted octanol–water partition coefficient (Wildman–Crippen LogP) is 2.62. The maximum absolute atomic E-state index is 12.7. The molecule has 2 aromatic heterocycles. The minimum absolute atomic E-state index is 0.0458. The number of hydrogen-bond donors (Lipinski definition) is 3. The lowest BCUT2D eigenvalue weighted by Crippen LogP contribution is -2.35. The van der Waals surface area contributed by atoms with Gasteiger partial charge in [-0.2, -0.15) is 0 Å². The zero-order chi connectivity index (χ0) is 20.1. The fraction of sp³-hybridized carbons (Fsp3) is 0.238. The van der Waals surface area contributed by atoms with Gasteiger partial charge in [0.05, 0.1) is 11.1 Å². The van der Waals surface area contributed by atoms with Crippen molar-refractivity contribution in [1.29, 1.82) is 0 Å². The molecule has 0 aliphatic carbocycles. The van der Waals surface area contributed by atoms with Gasteiger partial charge in [-0.15, -0.1) is 0 Å². The van der Waals surface area contributed by atoms with E-state index in [0.717, 1.165) is 16.6 Å². The van der Waals surface area contributed by atoms with Crippen molar-refractivity contribution >= 4 is 22.7 Å². The van der Waals surface area contributed by atoms with Crippen molar-refractivity contribution in [3.63, 3.8) is 0 Å². The zero-order valence-electron chi connectivity index (χ0n) is 15.8. The van der Waals surface area contributed by atoms with E-state index in [1.165, 1.54) is 18.3 Å². The Morgan fingerprint density at radius 3 is 2.46 bits per heavy atom. The second kappa shape index (κ2) is 8.47. The number of nitrogens with one attached hydrogen (secondary N) is 2. The molecular weight excluding hydrogens is 356 g/mol. The van der Waals surface area contributed by atoms with Crippen molar-refractivity contribution in [1.82, 2.24) is 20.6 Å². The molecule has 0 aliphatic heterocycles. The number of rotatable bonds is 6. The van der Waals surface area contributed by atoms with Crippen molar-refractivity contribution in [3.8, 4) is 5.75 Å². The van der Waals surface area contributed by atoms with Crippen molar-refractivity contribution in [3.05, 3.63) is 65.6 Å². The van der Waals surface area contributed by atoms with Crippen molar-refractivity contribution in [2.45, 2.75) is 19.8 Å². The average Bonchev–Trinajstić information content (AvgIpc) is 2.70. The smallest absolute Gasteiger partial charge is 0.273 e. The molecule has 0 aliphatic rings. The van der Waals surface area contributed by atoms with Gasteiger partial charge < -0.3 is 15.7 Å². The highest BCUT2D eigenvalue weighted by Crippen LogP contribution is 2.22. The van der Waals surface area contributed by atoms with Gasteiger partial charge in [0.15, 0.2) is 5.69 Å². The fourth-order valence-electron chi connectivity index (χ4n) is 2.78. The Hall–Kier alpha value is -3.48. The number of hydrogen-bond acceptors (Lipinski definition) is 5. The van der Waals surface area contributed by atoms with Gasteiger partial charge in [-0.3, -0.25) is 14.6 Å². The SMILES string of the molecule is CC(C)c1cc(C(=O)NCCNC(=O)c2ncccc2O)c2ccccc2n1. The lowest BCUT2D eigenvalue weighted by Gasteiger charge is -2.12. The monoisotopic (exact) mass is 378 g/mol. The van der Waals surface area contributed by atoms with E-state index in [1.54, 1.807) is 0 Å². The van der Waals surface area contributed by atoms with Crippen LogP contribution < -0.4 is 10.6 Å². The Labute approximate surface area is 162 Å². The van der Waals surface area contributed by atoms with Crippen LogP contribution >= 0.6 is 0 Å². The molecule has 0 spiro atoms. The minimum atomic E-state index is -0.496. The molecular formula is C21H22N4O3. The molecule has 1 aromatic carbocycles. The van der Waals surface area contributed by atoms with Crippen LogP contribution in [-0.4, -0.2) is 40.0 Å². The van der Waals surface area contributed by atoms with E-state index in [9.17, 15) is 14.7 Å². The zero-order valence-corrected chi connectivity index (χ0v) is 15.8. The first-order valence-corrected chi connectivity index (χ1v) is 9.07. The van der Waals surface area contributed by atoms with E-state index in [2.05, 4.69) is 20.6 Å². The molecule has 0 saturated carbocycles. The minimum Gasteiger partial charge on any atom is -0.505 e. The number of aromatic hydroxyl groups is 1. The second-order valence-corrected chi connectivity index (χ2v) is 6.65. The van der Waals surface area contributed by atoms with Gasteiger partial charge in [0.25, 0.3) is 11.8 Å². The number of para-hydroxylation sites is 1. The van der Waals surface area contributed by atoms with Crippen LogP contribution in [0.25, 0.3) is 10.9 Å². The van der Waals surface area contributed by atoms with Gasteiger partial charge in [-0.1, -0.05) is 32.0 Å². The van der Waals surface area contributed by atoms with Crippen LogP contribution in [0, 0.1) is 0 Å². The van der Waals surface area contributed by atoms with E-state index >= 15 is 0 Å². The fourth-order valence-corrected chi connectivity index (χ4v) is 2.78. The Morgan fingerprint density at radius 1 is 1.04 bits per heavy atom. The molecule has 0 atom stereocenters. The van der Waals surface area contributed by atoms with Crippen LogP contribution in [0.4, 0.5) is 0 Å². The third-order valence-corrected chi connectivity index (χ3v) is 4.27. The summed E-state index contributed by atoms with van der Waals surface area (Å²) >= 11 is 0. The number of aromatic nitrogens is 2. The van der Waals surface area contributed by atoms with E-state index in [1.807, 2.05) is 44.2 Å². The van der Waals surface area contributed by atoms with Crippen LogP contribution in [0.3, 0.4) is 0 Å². The number of amides is 2. The van der Waals surface area contributed by atoms with E-state index in [4.69, 9.17) is 0 Å². The molecule has 28 heavy (non-hydrogen) atoms. The Bertz CT molecular complexity index is 1020. The van der Waals surface area contributed by atoms with Gasteiger partial charge in [0, 0.05) is 30.4 Å². The quantitative estimate of drug-likeness (QED) is 0.572. The molecule has 3 rings (SSSR count). The number of benzene rings is 1. The van der Waals surface area contributed by atoms with E-state index < -0.39 is 5.91 Å². The topological polar surface area (TPSA) is 104 Å². The van der Waals surface area contributed by atoms with Crippen LogP contribution in [0.5, 0.6) is 5.75 Å². The molecule has 0 saturated heterocycles. The van der Waals surface area contributed by atoms with Gasteiger partial charge in [-0.25, -0.2) is 4.98 Å². The summed E-state index contributed by atoms with van der Waals surface area (Å²) in [5.74, 6) is -0.714. The van der Waals surface area contributed by atoms with Gasteiger partial charge in [-0.05, 0) is 30.2 Å². The van der Waals surface area contributed by atoms with Gasteiger partial charge in [0.2, 0.25) is 0 Å². The molecule has 144 valence electrons. The molecule has 0 radical (unpaired) electrons. The normalized spacial score (nSPS) is 10.8. The van der Waals surface area contributed by atoms with E-state index in [0.29, 0.717) is 5.56 Å². The second-order valence-electron chi connectivity index (χ2n) is 6.65. The number of nitrogens with zero attached hydrogens (tertiary/aromatic N) is 2. The van der Waals surface area contributed by atoms with Crippen molar-refractivity contribution in [2.24, 2.45) is 0 Å². The molecule has 7 heteroatoms. The number of carbonyl (C=O) groups is 2. The summed E-state index contributed by atoms with van der Waals surface area (Å²) in [5.41, 5.74) is 2.14. The molecule has 3 aromatic rings. The van der Waals surface area contributed by atoms with Crippen LogP contribution in [0.15, 0.2) is 48.7 Å². The number of fused-ring (bicyclic) bond motifs is 1. The molecule has 0 bridgehead atoms. The highest BCUT2D eigenvalue weighted by atomic mass is 16.3. The maximum atomic E-state index is 12.7. The number of carbonyl (C=O) groups excluding carboxylic acids is 2. The number of pyridine rings is 2. The van der Waals surface area contributed by atoms with Crippen LogP contribution in [0.1, 0.15) is 46.3 Å². The Kier molecular flexibility index (Phi) is 5.84. The predicted molar refractivity (Wildman–Crippen MR) is 106 cm³/mol. The highest BCUT2D eigenvalue weighted by molar-refractivity contribution is 6.06. The third-order valence-electron chi connectivity index (χ3n) is 4.27. The standard InChI is InChI=1S/C21H22N4O3/c1-13(2)17-12-15(14-6-3-4-7-16(14)25-17)20(27)23-10-11-24-21(28)19-18(26)8-5-9-22-19/h3-9,12-13,26H,10-11H2,1-2H3,(H,23,27)(H,24,28). The summed E-state index contributed by atoms with van der Waals surface area (Å²) in [4.78, 5) is 33.2. The first kappa shape index (κ1) is 19.3. The molecule has 2 amide bonds. The van der Waals surface area contributed by atoms with Gasteiger partial charge in [0.1, 0.15) is 5.75 Å².